The molecule has 0 saturated carbocycles. The van der Waals surface area contributed by atoms with Gasteiger partial charge in [0.15, 0.2) is 0 Å². The number of nitrogens with zero attached hydrogens (tertiary/aromatic N) is 4. The van der Waals surface area contributed by atoms with Crippen molar-refractivity contribution in [2.45, 2.75) is 31.3 Å². The highest BCUT2D eigenvalue weighted by Crippen LogP contribution is 2.33. The van der Waals surface area contributed by atoms with Crippen molar-refractivity contribution in [1.82, 2.24) is 14.9 Å². The molecule has 2 N–H and O–H groups in total. The average molecular weight is 283 g/mol. The Morgan fingerprint density at radius 2 is 1.95 bits per heavy atom. The molecular formula is C16H21N5. The lowest BCUT2D eigenvalue weighted by Gasteiger charge is -2.37. The molecule has 2 aliphatic rings. The smallest absolute Gasteiger partial charge is 0.228 e. The van der Waals surface area contributed by atoms with Crippen molar-refractivity contribution in [3.8, 4) is 0 Å². The van der Waals surface area contributed by atoms with Crippen LogP contribution in [-0.2, 0) is 0 Å². The predicted octanol–water partition coefficient (Wildman–Crippen LogP) is 1.88. The molecule has 21 heavy (non-hydrogen) atoms. The molecule has 5 heteroatoms. The highest BCUT2D eigenvalue weighted by atomic mass is 15.3. The van der Waals surface area contributed by atoms with Crippen molar-refractivity contribution >= 4 is 22.7 Å². The maximum atomic E-state index is 6.13. The van der Waals surface area contributed by atoms with E-state index in [0.29, 0.717) is 17.9 Å². The van der Waals surface area contributed by atoms with Gasteiger partial charge in [0.25, 0.3) is 0 Å². The number of likely N-dealkylation sites (N-methyl/N-ethyl adjacent to an activating group) is 1. The fourth-order valence-corrected chi connectivity index (χ4v) is 3.88. The summed E-state index contributed by atoms with van der Waals surface area (Å²) >= 11 is 0. The molecular weight excluding hydrogens is 262 g/mol. The van der Waals surface area contributed by atoms with Gasteiger partial charge >= 0.3 is 0 Å². The molecule has 110 valence electrons. The molecule has 0 spiro atoms. The van der Waals surface area contributed by atoms with E-state index < -0.39 is 0 Å². The van der Waals surface area contributed by atoms with Gasteiger partial charge in [-0.25, -0.2) is 4.98 Å². The van der Waals surface area contributed by atoms with Crippen LogP contribution < -0.4 is 10.6 Å². The fraction of sp³-hybridized carbons (Fsp3) is 0.500. The zero-order valence-corrected chi connectivity index (χ0v) is 12.4. The molecule has 5 nitrogen and oxygen atoms in total. The Hall–Kier alpha value is -1.88. The van der Waals surface area contributed by atoms with Crippen LogP contribution in [0.5, 0.6) is 0 Å². The molecule has 2 unspecified atom stereocenters. The second-order valence-corrected chi connectivity index (χ2v) is 6.17. The number of piperidine rings is 1. The quantitative estimate of drug-likeness (QED) is 0.866. The normalized spacial score (nSPS) is 26.2. The second kappa shape index (κ2) is 4.84. The minimum Gasteiger partial charge on any atom is -0.383 e. The summed E-state index contributed by atoms with van der Waals surface area (Å²) in [6.45, 7) is 2.23. The number of fused-ring (bicyclic) bond motifs is 2. The number of hydrogen-bond donors (Lipinski definition) is 1. The van der Waals surface area contributed by atoms with Crippen molar-refractivity contribution in [3.63, 3.8) is 0 Å². The molecule has 2 aliphatic heterocycles. The minimum atomic E-state index is 0.532. The third kappa shape index (κ3) is 2.03. The van der Waals surface area contributed by atoms with E-state index in [2.05, 4.69) is 21.8 Å². The Kier molecular flexibility index (Phi) is 2.96. The van der Waals surface area contributed by atoms with Crippen LogP contribution in [0, 0.1) is 0 Å². The summed E-state index contributed by atoms with van der Waals surface area (Å²) in [6, 6.07) is 9.13. The van der Waals surface area contributed by atoms with Gasteiger partial charge in [-0.05, 0) is 45.0 Å². The van der Waals surface area contributed by atoms with Gasteiger partial charge in [0.05, 0.1) is 5.52 Å². The number of nitrogen functional groups attached to an aromatic ring is 1. The summed E-state index contributed by atoms with van der Waals surface area (Å²) in [5, 5.41) is 0.942. The third-order valence-corrected chi connectivity index (χ3v) is 4.96. The summed E-state index contributed by atoms with van der Waals surface area (Å²) in [5.74, 6) is 1.39. The Balaban J connectivity index is 1.73. The molecule has 2 aromatic rings. The van der Waals surface area contributed by atoms with Gasteiger partial charge in [0, 0.05) is 24.0 Å². The molecule has 4 rings (SSSR count). The fourth-order valence-electron chi connectivity index (χ4n) is 3.88. The van der Waals surface area contributed by atoms with Gasteiger partial charge in [-0.3, -0.25) is 0 Å². The van der Waals surface area contributed by atoms with Crippen molar-refractivity contribution < 1.29 is 0 Å². The SMILES string of the molecule is CN1CCCC2C1CCN2c1nc(N)c2ccccc2n1. The number of benzene rings is 1. The van der Waals surface area contributed by atoms with Crippen LogP contribution in [0.4, 0.5) is 11.8 Å². The van der Waals surface area contributed by atoms with Crippen LogP contribution >= 0.6 is 0 Å². The largest absolute Gasteiger partial charge is 0.383 e. The number of para-hydroxylation sites is 1. The molecule has 1 aromatic carbocycles. The molecule has 2 saturated heterocycles. The van der Waals surface area contributed by atoms with Crippen molar-refractivity contribution in [2.24, 2.45) is 0 Å². The number of anilines is 2. The van der Waals surface area contributed by atoms with E-state index in [1.165, 1.54) is 25.8 Å². The van der Waals surface area contributed by atoms with E-state index in [1.54, 1.807) is 0 Å². The van der Waals surface area contributed by atoms with Crippen LogP contribution in [-0.4, -0.2) is 47.1 Å². The topological polar surface area (TPSA) is 58.3 Å². The number of aromatic nitrogens is 2. The maximum Gasteiger partial charge on any atom is 0.228 e. The van der Waals surface area contributed by atoms with Gasteiger partial charge < -0.3 is 15.5 Å². The average Bonchev–Trinajstić information content (AvgIpc) is 2.93. The highest BCUT2D eigenvalue weighted by molar-refractivity contribution is 5.88. The zero-order valence-electron chi connectivity index (χ0n) is 12.4. The molecule has 0 radical (unpaired) electrons. The first kappa shape index (κ1) is 12.8. The molecule has 0 aliphatic carbocycles. The van der Waals surface area contributed by atoms with Crippen LogP contribution in [0.3, 0.4) is 0 Å². The molecule has 2 fully saturated rings. The number of rotatable bonds is 1. The second-order valence-electron chi connectivity index (χ2n) is 6.17. The van der Waals surface area contributed by atoms with Crippen LogP contribution in [0.2, 0.25) is 0 Å². The summed E-state index contributed by atoms with van der Waals surface area (Å²) in [4.78, 5) is 14.2. The first-order chi connectivity index (χ1) is 10.2. The van der Waals surface area contributed by atoms with Crippen molar-refractivity contribution in [1.29, 1.82) is 0 Å². The van der Waals surface area contributed by atoms with Gasteiger partial charge in [-0.15, -0.1) is 0 Å². The van der Waals surface area contributed by atoms with E-state index in [1.807, 2.05) is 24.3 Å². The van der Waals surface area contributed by atoms with E-state index >= 15 is 0 Å². The molecule has 0 amide bonds. The lowest BCUT2D eigenvalue weighted by molar-refractivity contribution is 0.179. The first-order valence-corrected chi connectivity index (χ1v) is 7.73. The van der Waals surface area contributed by atoms with Crippen molar-refractivity contribution in [2.75, 3.05) is 30.8 Å². The van der Waals surface area contributed by atoms with E-state index in [-0.39, 0.29) is 0 Å². The predicted molar refractivity (Wildman–Crippen MR) is 85.4 cm³/mol. The van der Waals surface area contributed by atoms with E-state index in [9.17, 15) is 0 Å². The molecule has 2 atom stereocenters. The van der Waals surface area contributed by atoms with Gasteiger partial charge in [0.1, 0.15) is 5.82 Å². The van der Waals surface area contributed by atoms with Crippen LogP contribution in [0.25, 0.3) is 10.9 Å². The van der Waals surface area contributed by atoms with E-state index in [0.717, 1.165) is 23.4 Å². The lowest BCUT2D eigenvalue weighted by Crippen LogP contribution is -2.48. The molecule has 3 heterocycles. The van der Waals surface area contributed by atoms with Gasteiger partial charge in [-0.1, -0.05) is 12.1 Å². The van der Waals surface area contributed by atoms with Crippen molar-refractivity contribution in [3.05, 3.63) is 24.3 Å². The minimum absolute atomic E-state index is 0.532. The Labute approximate surface area is 124 Å². The van der Waals surface area contributed by atoms with Gasteiger partial charge in [0.2, 0.25) is 5.95 Å². The monoisotopic (exact) mass is 283 g/mol. The zero-order chi connectivity index (χ0) is 14.4. The first-order valence-electron chi connectivity index (χ1n) is 7.73. The molecule has 1 aromatic heterocycles. The lowest BCUT2D eigenvalue weighted by atomic mass is 9.98. The molecule has 0 bridgehead atoms. The summed E-state index contributed by atoms with van der Waals surface area (Å²) < 4.78 is 0. The summed E-state index contributed by atoms with van der Waals surface area (Å²) in [7, 11) is 2.23. The Morgan fingerprint density at radius 1 is 1.10 bits per heavy atom. The van der Waals surface area contributed by atoms with Crippen LogP contribution in [0.1, 0.15) is 19.3 Å². The standard InChI is InChI=1S/C16H21N5/c1-20-9-4-7-14-13(20)8-10-21(14)16-18-12-6-3-2-5-11(12)15(17)19-16/h2-3,5-6,13-14H,4,7-10H2,1H3,(H2,17,18,19). The summed E-state index contributed by atoms with van der Waals surface area (Å²) in [5.41, 5.74) is 7.07. The Bertz CT molecular complexity index is 671. The number of nitrogens with two attached hydrogens (primary N) is 1. The Morgan fingerprint density at radius 3 is 2.86 bits per heavy atom. The van der Waals surface area contributed by atoms with Crippen LogP contribution in [0.15, 0.2) is 24.3 Å². The highest BCUT2D eigenvalue weighted by Gasteiger charge is 2.39. The third-order valence-electron chi connectivity index (χ3n) is 4.96. The maximum absolute atomic E-state index is 6.13. The summed E-state index contributed by atoms with van der Waals surface area (Å²) in [6.07, 6.45) is 3.67. The van der Waals surface area contributed by atoms with Gasteiger partial charge in [-0.2, -0.15) is 4.98 Å². The number of hydrogen-bond acceptors (Lipinski definition) is 5. The van der Waals surface area contributed by atoms with E-state index in [4.69, 9.17) is 10.7 Å². The number of likely N-dealkylation sites (tertiary alicyclic amines) is 1.